The molecule has 4 fully saturated rings. The molecule has 4 N–H and O–H groups in total. The molecule has 4 heteroatoms. The summed E-state index contributed by atoms with van der Waals surface area (Å²) in [7, 11) is 0. The van der Waals surface area contributed by atoms with Gasteiger partial charge in [0.1, 0.15) is 0 Å². The topological polar surface area (TPSA) is 80.9 Å². The van der Waals surface area contributed by atoms with Crippen molar-refractivity contribution in [1.82, 2.24) is 0 Å². The van der Waals surface area contributed by atoms with Crippen molar-refractivity contribution in [3.05, 3.63) is 23.8 Å². The first kappa shape index (κ1) is 26.4. The molecule has 194 valence electrons. The van der Waals surface area contributed by atoms with Gasteiger partial charge < -0.3 is 20.4 Å². The molecule has 0 radical (unpaired) electrons. The fourth-order valence-electron chi connectivity index (χ4n) is 10.1. The van der Waals surface area contributed by atoms with Crippen molar-refractivity contribution in [2.24, 2.45) is 45.3 Å². The molecular weight excluding hydrogens is 424 g/mol. The van der Waals surface area contributed by atoms with Crippen LogP contribution in [0.3, 0.4) is 0 Å². The molecule has 0 aromatic carbocycles. The van der Waals surface area contributed by atoms with E-state index in [0.717, 1.165) is 44.1 Å². The van der Waals surface area contributed by atoms with Gasteiger partial charge in [0.25, 0.3) is 0 Å². The van der Waals surface area contributed by atoms with Gasteiger partial charge in [-0.05, 0) is 104 Å². The minimum atomic E-state index is -0.517. The van der Waals surface area contributed by atoms with E-state index in [2.05, 4.69) is 54.2 Å². The van der Waals surface area contributed by atoms with Crippen LogP contribution in [-0.2, 0) is 0 Å². The maximum absolute atomic E-state index is 11.7. The Morgan fingerprint density at radius 1 is 0.971 bits per heavy atom. The second kappa shape index (κ2) is 8.43. The fraction of sp³-hybridized carbons (Fsp3) is 0.867. The molecule has 0 heterocycles. The van der Waals surface area contributed by atoms with Gasteiger partial charge >= 0.3 is 0 Å². The van der Waals surface area contributed by atoms with Gasteiger partial charge in [0.15, 0.2) is 0 Å². The second-order valence-corrected chi connectivity index (χ2v) is 14.0. The molecule has 0 aliphatic heterocycles. The van der Waals surface area contributed by atoms with Gasteiger partial charge in [-0.25, -0.2) is 0 Å². The maximum atomic E-state index is 11.7. The van der Waals surface area contributed by atoms with Gasteiger partial charge in [0.2, 0.25) is 0 Å². The van der Waals surface area contributed by atoms with Crippen molar-refractivity contribution < 1.29 is 20.4 Å². The van der Waals surface area contributed by atoms with E-state index < -0.39 is 12.2 Å². The lowest BCUT2D eigenvalue weighted by atomic mass is 9.34. The molecule has 34 heavy (non-hydrogen) atoms. The molecule has 11 atom stereocenters. The average Bonchev–Trinajstić information content (AvgIpc) is 3.10. The SMILES string of the molecule is C=C(C)[C@@H](O)C/C=C(\C)[C@H]1CC[C@]2(C)[C@@H]1[C@H](O)C[C@@H]1[C@@]3(C)CC[C@H](O)C(C)(C)[C@@H]3[C@@H](O)C[C@]12C. The van der Waals surface area contributed by atoms with Crippen LogP contribution in [0.25, 0.3) is 0 Å². The number of aliphatic hydroxyl groups excluding tert-OH is 4. The Kier molecular flexibility index (Phi) is 6.54. The van der Waals surface area contributed by atoms with Gasteiger partial charge in [-0.1, -0.05) is 58.4 Å². The fourth-order valence-corrected chi connectivity index (χ4v) is 10.1. The first-order valence-corrected chi connectivity index (χ1v) is 13.7. The monoisotopic (exact) mass is 474 g/mol. The highest BCUT2D eigenvalue weighted by molar-refractivity contribution is 5.24. The maximum Gasteiger partial charge on any atom is 0.0779 e. The van der Waals surface area contributed by atoms with Crippen molar-refractivity contribution in [1.29, 1.82) is 0 Å². The van der Waals surface area contributed by atoms with Crippen LogP contribution in [0.2, 0.25) is 0 Å². The molecule has 0 bridgehead atoms. The number of rotatable bonds is 4. The predicted octanol–water partition coefficient (Wildman–Crippen LogP) is 5.25. The summed E-state index contributed by atoms with van der Waals surface area (Å²) in [6.45, 7) is 19.3. The van der Waals surface area contributed by atoms with Crippen LogP contribution in [0.1, 0.15) is 93.4 Å². The predicted molar refractivity (Wildman–Crippen MR) is 137 cm³/mol. The second-order valence-electron chi connectivity index (χ2n) is 14.0. The van der Waals surface area contributed by atoms with E-state index in [1.54, 1.807) is 0 Å². The van der Waals surface area contributed by atoms with Crippen molar-refractivity contribution in [3.63, 3.8) is 0 Å². The number of aliphatic hydroxyl groups is 4. The summed E-state index contributed by atoms with van der Waals surface area (Å²) in [6, 6.07) is 0. The molecule has 0 amide bonds. The van der Waals surface area contributed by atoms with Crippen molar-refractivity contribution in [2.75, 3.05) is 0 Å². The largest absolute Gasteiger partial charge is 0.393 e. The normalized spacial score (nSPS) is 51.3. The lowest BCUT2D eigenvalue weighted by Crippen LogP contribution is -2.69. The third-order valence-corrected chi connectivity index (χ3v) is 12.1. The zero-order valence-corrected chi connectivity index (χ0v) is 22.6. The third-order valence-electron chi connectivity index (χ3n) is 12.1. The molecule has 4 saturated carbocycles. The van der Waals surface area contributed by atoms with Crippen LogP contribution >= 0.6 is 0 Å². The number of allylic oxidation sites excluding steroid dienone is 1. The lowest BCUT2D eigenvalue weighted by Gasteiger charge is -2.71. The third kappa shape index (κ3) is 3.53. The van der Waals surface area contributed by atoms with Crippen molar-refractivity contribution in [2.45, 2.75) is 118 Å². The van der Waals surface area contributed by atoms with Gasteiger partial charge in [0, 0.05) is 0 Å². The summed E-state index contributed by atoms with van der Waals surface area (Å²) in [4.78, 5) is 0. The van der Waals surface area contributed by atoms with Crippen LogP contribution in [0.15, 0.2) is 23.8 Å². The molecule has 4 aliphatic rings. The van der Waals surface area contributed by atoms with Crippen LogP contribution < -0.4 is 0 Å². The molecule has 4 aliphatic carbocycles. The highest BCUT2D eigenvalue weighted by atomic mass is 16.3. The van der Waals surface area contributed by atoms with E-state index in [0.29, 0.717) is 18.3 Å². The summed E-state index contributed by atoms with van der Waals surface area (Å²) in [6.07, 6.45) is 6.33. The zero-order chi connectivity index (χ0) is 25.4. The minimum absolute atomic E-state index is 0.0386. The zero-order valence-electron chi connectivity index (χ0n) is 22.6. The van der Waals surface area contributed by atoms with E-state index in [1.165, 1.54) is 5.57 Å². The van der Waals surface area contributed by atoms with Gasteiger partial charge in [-0.3, -0.25) is 0 Å². The Labute approximate surface area is 207 Å². The Hall–Kier alpha value is -0.680. The molecule has 0 unspecified atom stereocenters. The van der Waals surface area contributed by atoms with E-state index in [1.807, 2.05) is 6.92 Å². The first-order valence-electron chi connectivity index (χ1n) is 13.7. The molecule has 4 rings (SSSR count). The van der Waals surface area contributed by atoms with E-state index in [9.17, 15) is 20.4 Å². The van der Waals surface area contributed by atoms with Gasteiger partial charge in [0.05, 0.1) is 24.4 Å². The van der Waals surface area contributed by atoms with Crippen LogP contribution in [0.5, 0.6) is 0 Å². The number of fused-ring (bicyclic) bond motifs is 5. The van der Waals surface area contributed by atoms with Gasteiger partial charge in [-0.15, -0.1) is 0 Å². The minimum Gasteiger partial charge on any atom is -0.393 e. The smallest absolute Gasteiger partial charge is 0.0779 e. The van der Waals surface area contributed by atoms with Crippen LogP contribution in [-0.4, -0.2) is 44.8 Å². The van der Waals surface area contributed by atoms with E-state index in [4.69, 9.17) is 0 Å². The van der Waals surface area contributed by atoms with Crippen LogP contribution in [0.4, 0.5) is 0 Å². The molecule has 0 aromatic heterocycles. The number of hydrogen-bond acceptors (Lipinski definition) is 4. The summed E-state index contributed by atoms with van der Waals surface area (Å²) in [5, 5.41) is 44.5. The summed E-state index contributed by atoms with van der Waals surface area (Å²) in [5.74, 6) is 0.838. The summed E-state index contributed by atoms with van der Waals surface area (Å²) in [5.41, 5.74) is 1.51. The molecule has 0 aromatic rings. The van der Waals surface area contributed by atoms with Crippen LogP contribution in [0, 0.1) is 45.3 Å². The van der Waals surface area contributed by atoms with Crippen molar-refractivity contribution in [3.8, 4) is 0 Å². The Morgan fingerprint density at radius 3 is 2.24 bits per heavy atom. The molecule has 0 saturated heterocycles. The average molecular weight is 475 g/mol. The molecular formula is C30H50O4. The van der Waals surface area contributed by atoms with E-state index in [-0.39, 0.29) is 45.7 Å². The number of hydrogen-bond donors (Lipinski definition) is 4. The van der Waals surface area contributed by atoms with Crippen molar-refractivity contribution >= 4 is 0 Å². The first-order chi connectivity index (χ1) is 15.6. The standard InChI is InChI=1S/C30H50O4/c1-17(2)20(31)10-9-18(3)19-11-14-29(7)25(19)21(32)15-23-28(6)13-12-24(34)27(4,5)26(28)22(33)16-30(23,29)8/h9,19-26,31-34H,1,10-16H2,2-8H3/b18-9+/t19-,20+,21-,22+,23-,24+,25+,26+,28-,29-,30-/m1/s1. The lowest BCUT2D eigenvalue weighted by molar-refractivity contribution is -0.270. The quantitative estimate of drug-likeness (QED) is 0.420. The highest BCUT2D eigenvalue weighted by Crippen LogP contribution is 2.75. The Balaban J connectivity index is 1.69. The summed E-state index contributed by atoms with van der Waals surface area (Å²) < 4.78 is 0. The molecule has 4 nitrogen and oxygen atoms in total. The Bertz CT molecular complexity index is 847. The Morgan fingerprint density at radius 2 is 1.62 bits per heavy atom. The summed E-state index contributed by atoms with van der Waals surface area (Å²) >= 11 is 0. The van der Waals surface area contributed by atoms with Gasteiger partial charge in [-0.2, -0.15) is 0 Å². The highest BCUT2D eigenvalue weighted by Gasteiger charge is 2.72. The molecule has 0 spiro atoms. The van der Waals surface area contributed by atoms with E-state index >= 15 is 0 Å².